The van der Waals surface area contributed by atoms with Crippen LogP contribution in [0.5, 0.6) is 0 Å². The molecule has 4 nitrogen and oxygen atoms in total. The number of benzene rings is 2. The average Bonchev–Trinajstić information content (AvgIpc) is 2.68. The topological polar surface area (TPSA) is 49.4 Å². The van der Waals surface area contributed by atoms with Gasteiger partial charge in [0.25, 0.3) is 11.8 Å². The van der Waals surface area contributed by atoms with Crippen LogP contribution in [0.25, 0.3) is 0 Å². The predicted molar refractivity (Wildman–Crippen MR) is 103 cm³/mol. The van der Waals surface area contributed by atoms with Gasteiger partial charge in [0, 0.05) is 25.2 Å². The molecule has 0 bridgehead atoms. The summed E-state index contributed by atoms with van der Waals surface area (Å²) >= 11 is 0. The van der Waals surface area contributed by atoms with E-state index in [2.05, 4.69) is 5.32 Å². The number of aryl methyl sites for hydroxylation is 2. The maximum absolute atomic E-state index is 13.8. The molecule has 0 aliphatic carbocycles. The standard InChI is InChI=1S/C22H25FN2O2/c1-15-7-8-18(13-16(15)2)21(26)24-14-17-9-11-25(12-10-17)22(27)19-5-3-4-6-20(19)23/h3-8,13,17H,9-12,14H2,1-2H3,(H,24,26). The van der Waals surface area contributed by atoms with Crippen LogP contribution in [-0.4, -0.2) is 36.3 Å². The minimum absolute atomic E-state index is 0.0667. The van der Waals surface area contributed by atoms with E-state index in [9.17, 15) is 14.0 Å². The molecule has 5 heteroatoms. The zero-order valence-electron chi connectivity index (χ0n) is 15.8. The fourth-order valence-electron chi connectivity index (χ4n) is 3.37. The summed E-state index contributed by atoms with van der Waals surface area (Å²) in [4.78, 5) is 26.5. The van der Waals surface area contributed by atoms with Gasteiger partial charge in [-0.2, -0.15) is 0 Å². The maximum Gasteiger partial charge on any atom is 0.256 e. The lowest BCUT2D eigenvalue weighted by Gasteiger charge is -2.32. The third-order valence-electron chi connectivity index (χ3n) is 5.33. The Bertz CT molecular complexity index is 842. The van der Waals surface area contributed by atoms with E-state index in [-0.39, 0.29) is 17.4 Å². The van der Waals surface area contributed by atoms with Gasteiger partial charge in [0.2, 0.25) is 0 Å². The molecule has 0 unspecified atom stereocenters. The Balaban J connectivity index is 1.49. The minimum atomic E-state index is -0.481. The molecule has 1 heterocycles. The number of hydrogen-bond donors (Lipinski definition) is 1. The first-order chi connectivity index (χ1) is 13.0. The Morgan fingerprint density at radius 2 is 1.78 bits per heavy atom. The average molecular weight is 368 g/mol. The summed E-state index contributed by atoms with van der Waals surface area (Å²) in [5, 5.41) is 3.00. The number of hydrogen-bond acceptors (Lipinski definition) is 2. The fraction of sp³-hybridized carbons (Fsp3) is 0.364. The molecule has 0 atom stereocenters. The summed E-state index contributed by atoms with van der Waals surface area (Å²) in [5.74, 6) is -0.482. The Morgan fingerprint density at radius 1 is 1.07 bits per heavy atom. The summed E-state index contributed by atoms with van der Waals surface area (Å²) in [5.41, 5.74) is 3.06. The predicted octanol–water partition coefficient (Wildman–Crippen LogP) is 3.72. The first-order valence-electron chi connectivity index (χ1n) is 9.35. The first-order valence-corrected chi connectivity index (χ1v) is 9.35. The molecule has 1 saturated heterocycles. The smallest absolute Gasteiger partial charge is 0.256 e. The number of halogens is 1. The van der Waals surface area contributed by atoms with Crippen molar-refractivity contribution in [3.63, 3.8) is 0 Å². The van der Waals surface area contributed by atoms with Crippen LogP contribution in [0.2, 0.25) is 0 Å². The van der Waals surface area contributed by atoms with Crippen molar-refractivity contribution in [2.24, 2.45) is 5.92 Å². The molecule has 3 rings (SSSR count). The number of rotatable bonds is 4. The number of carbonyl (C=O) groups is 2. The molecule has 1 N–H and O–H groups in total. The van der Waals surface area contributed by atoms with Crippen molar-refractivity contribution in [3.05, 3.63) is 70.5 Å². The number of likely N-dealkylation sites (tertiary alicyclic amines) is 1. The lowest BCUT2D eigenvalue weighted by atomic mass is 9.96. The second-order valence-corrected chi connectivity index (χ2v) is 7.22. The van der Waals surface area contributed by atoms with Gasteiger partial charge < -0.3 is 10.2 Å². The molecule has 1 fully saturated rings. The van der Waals surface area contributed by atoms with Crippen molar-refractivity contribution in [2.75, 3.05) is 19.6 Å². The lowest BCUT2D eigenvalue weighted by Crippen LogP contribution is -2.41. The fourth-order valence-corrected chi connectivity index (χ4v) is 3.37. The van der Waals surface area contributed by atoms with Gasteiger partial charge in [0.1, 0.15) is 5.82 Å². The normalized spacial score (nSPS) is 14.9. The van der Waals surface area contributed by atoms with Crippen LogP contribution in [0, 0.1) is 25.6 Å². The van der Waals surface area contributed by atoms with E-state index in [0.717, 1.165) is 18.4 Å². The highest BCUT2D eigenvalue weighted by Crippen LogP contribution is 2.20. The summed E-state index contributed by atoms with van der Waals surface area (Å²) in [6.45, 7) is 5.77. The number of nitrogens with one attached hydrogen (secondary N) is 1. The first kappa shape index (κ1) is 19.1. The molecule has 0 radical (unpaired) electrons. The van der Waals surface area contributed by atoms with Gasteiger partial charge >= 0.3 is 0 Å². The number of amides is 2. The van der Waals surface area contributed by atoms with E-state index >= 15 is 0 Å². The van der Waals surface area contributed by atoms with Gasteiger partial charge in [0.05, 0.1) is 5.56 Å². The maximum atomic E-state index is 13.8. The van der Waals surface area contributed by atoms with Crippen LogP contribution < -0.4 is 5.32 Å². The highest BCUT2D eigenvalue weighted by molar-refractivity contribution is 5.95. The van der Waals surface area contributed by atoms with Crippen LogP contribution in [-0.2, 0) is 0 Å². The van der Waals surface area contributed by atoms with Gasteiger partial charge in [0.15, 0.2) is 0 Å². The van der Waals surface area contributed by atoms with Gasteiger partial charge in [-0.05, 0) is 68.0 Å². The van der Waals surface area contributed by atoms with Gasteiger partial charge in [-0.15, -0.1) is 0 Å². The lowest BCUT2D eigenvalue weighted by molar-refractivity contribution is 0.0679. The molecule has 0 saturated carbocycles. The highest BCUT2D eigenvalue weighted by Gasteiger charge is 2.25. The Kier molecular flexibility index (Phi) is 5.89. The zero-order chi connectivity index (χ0) is 19.4. The largest absolute Gasteiger partial charge is 0.352 e. The molecule has 0 aromatic heterocycles. The number of piperidine rings is 1. The van der Waals surface area contributed by atoms with E-state index in [0.29, 0.717) is 31.1 Å². The monoisotopic (exact) mass is 368 g/mol. The summed E-state index contributed by atoms with van der Waals surface area (Å²) in [7, 11) is 0. The van der Waals surface area contributed by atoms with Crippen molar-refractivity contribution in [2.45, 2.75) is 26.7 Å². The van der Waals surface area contributed by atoms with E-state index in [1.807, 2.05) is 32.0 Å². The van der Waals surface area contributed by atoms with Crippen molar-refractivity contribution >= 4 is 11.8 Å². The highest BCUT2D eigenvalue weighted by atomic mass is 19.1. The molecule has 1 aliphatic rings. The Hall–Kier alpha value is -2.69. The van der Waals surface area contributed by atoms with Crippen molar-refractivity contribution in [1.82, 2.24) is 10.2 Å². The van der Waals surface area contributed by atoms with Crippen LogP contribution in [0.3, 0.4) is 0 Å². The van der Waals surface area contributed by atoms with E-state index in [4.69, 9.17) is 0 Å². The third kappa shape index (κ3) is 4.54. The SMILES string of the molecule is Cc1ccc(C(=O)NCC2CCN(C(=O)c3ccccc3F)CC2)cc1C. The van der Waals surface area contributed by atoms with Crippen LogP contribution in [0.15, 0.2) is 42.5 Å². The van der Waals surface area contributed by atoms with Crippen molar-refractivity contribution in [3.8, 4) is 0 Å². The summed E-state index contributed by atoms with van der Waals surface area (Å²) in [6, 6.07) is 11.8. The second-order valence-electron chi connectivity index (χ2n) is 7.22. The van der Waals surface area contributed by atoms with Crippen LogP contribution >= 0.6 is 0 Å². The molecule has 0 spiro atoms. The van der Waals surface area contributed by atoms with E-state index in [1.165, 1.54) is 17.7 Å². The quantitative estimate of drug-likeness (QED) is 0.894. The zero-order valence-corrected chi connectivity index (χ0v) is 15.8. The third-order valence-corrected chi connectivity index (χ3v) is 5.33. The van der Waals surface area contributed by atoms with Crippen LogP contribution in [0.1, 0.15) is 44.7 Å². The molecular weight excluding hydrogens is 343 g/mol. The minimum Gasteiger partial charge on any atom is -0.352 e. The molecule has 2 amide bonds. The molecule has 142 valence electrons. The van der Waals surface area contributed by atoms with Crippen molar-refractivity contribution in [1.29, 1.82) is 0 Å². The number of nitrogens with zero attached hydrogens (tertiary/aromatic N) is 1. The van der Waals surface area contributed by atoms with Gasteiger partial charge in [-0.25, -0.2) is 4.39 Å². The van der Waals surface area contributed by atoms with E-state index in [1.54, 1.807) is 17.0 Å². The van der Waals surface area contributed by atoms with Gasteiger partial charge in [-0.3, -0.25) is 9.59 Å². The van der Waals surface area contributed by atoms with Crippen LogP contribution in [0.4, 0.5) is 4.39 Å². The van der Waals surface area contributed by atoms with E-state index < -0.39 is 5.82 Å². The molecule has 2 aromatic carbocycles. The second kappa shape index (κ2) is 8.33. The molecule has 1 aliphatic heterocycles. The molecule has 27 heavy (non-hydrogen) atoms. The van der Waals surface area contributed by atoms with Crippen molar-refractivity contribution < 1.29 is 14.0 Å². The Labute approximate surface area is 159 Å². The summed E-state index contributed by atoms with van der Waals surface area (Å²) in [6.07, 6.45) is 1.60. The molecular formula is C22H25FN2O2. The number of carbonyl (C=O) groups excluding carboxylic acids is 2. The summed E-state index contributed by atoms with van der Waals surface area (Å²) < 4.78 is 13.8. The Morgan fingerprint density at radius 3 is 2.44 bits per heavy atom. The van der Waals surface area contributed by atoms with Gasteiger partial charge in [-0.1, -0.05) is 18.2 Å². The molecule has 2 aromatic rings.